The van der Waals surface area contributed by atoms with Crippen molar-refractivity contribution in [1.29, 1.82) is 0 Å². The molecule has 0 aliphatic heterocycles. The number of hydrogen-bond acceptors (Lipinski definition) is 3. The normalized spacial score (nSPS) is 11.7. The maximum absolute atomic E-state index is 11.8. The molecule has 110 valence electrons. The number of nitrogens with one attached hydrogen (secondary N) is 2. The molecular weight excluding hydrogens is 272 g/mol. The molecule has 3 N–H and O–H groups in total. The number of carbonyl (C=O) groups excluding carboxylic acids is 1. The summed E-state index contributed by atoms with van der Waals surface area (Å²) >= 11 is 0. The molecule has 2 rings (SSSR count). The fourth-order valence-electron chi connectivity index (χ4n) is 1.84. The predicted octanol–water partition coefficient (Wildman–Crippen LogP) is 1.79. The van der Waals surface area contributed by atoms with Crippen molar-refractivity contribution in [2.45, 2.75) is 19.5 Å². The minimum atomic E-state index is -1.00. The van der Waals surface area contributed by atoms with Crippen LogP contribution in [0.4, 0.5) is 10.5 Å². The van der Waals surface area contributed by atoms with E-state index in [0.29, 0.717) is 12.2 Å². The maximum Gasteiger partial charge on any atom is 0.335 e. The van der Waals surface area contributed by atoms with Crippen LogP contribution in [-0.2, 0) is 6.54 Å². The van der Waals surface area contributed by atoms with E-state index >= 15 is 0 Å². The van der Waals surface area contributed by atoms with Gasteiger partial charge in [-0.15, -0.1) is 0 Å². The van der Waals surface area contributed by atoms with Gasteiger partial charge >= 0.3 is 12.0 Å². The van der Waals surface area contributed by atoms with E-state index in [-0.39, 0.29) is 17.6 Å². The number of aromatic carboxylic acids is 1. The average Bonchev–Trinajstić information content (AvgIpc) is 2.91. The van der Waals surface area contributed by atoms with Gasteiger partial charge in [0.2, 0.25) is 0 Å². The first-order valence-electron chi connectivity index (χ1n) is 6.41. The topological polar surface area (TPSA) is 96.3 Å². The number of carboxylic acid groups (broad SMARTS) is 1. The van der Waals surface area contributed by atoms with Crippen molar-refractivity contribution in [3.63, 3.8) is 0 Å². The van der Waals surface area contributed by atoms with Gasteiger partial charge in [-0.2, -0.15) is 0 Å². The van der Waals surface area contributed by atoms with Crippen LogP contribution in [0.1, 0.15) is 17.3 Å². The second-order valence-electron chi connectivity index (χ2n) is 4.64. The molecule has 0 fully saturated rings. The summed E-state index contributed by atoms with van der Waals surface area (Å²) in [4.78, 5) is 26.5. The number of urea groups is 1. The van der Waals surface area contributed by atoms with E-state index < -0.39 is 5.97 Å². The molecule has 1 unspecified atom stereocenters. The van der Waals surface area contributed by atoms with Gasteiger partial charge in [0.1, 0.15) is 0 Å². The Morgan fingerprint density at radius 1 is 1.33 bits per heavy atom. The molecule has 1 aromatic carbocycles. The molecule has 0 aliphatic rings. The highest BCUT2D eigenvalue weighted by Crippen LogP contribution is 2.09. The van der Waals surface area contributed by atoms with Crippen LogP contribution in [0.5, 0.6) is 0 Å². The van der Waals surface area contributed by atoms with Crippen molar-refractivity contribution in [3.8, 4) is 0 Å². The van der Waals surface area contributed by atoms with Gasteiger partial charge in [0.05, 0.1) is 11.9 Å². The summed E-state index contributed by atoms with van der Waals surface area (Å²) in [6.45, 7) is 2.50. The van der Waals surface area contributed by atoms with Gasteiger partial charge in [0, 0.05) is 30.7 Å². The Kier molecular flexibility index (Phi) is 4.55. The van der Waals surface area contributed by atoms with Crippen LogP contribution < -0.4 is 10.6 Å². The lowest BCUT2D eigenvalue weighted by Crippen LogP contribution is -2.38. The SMILES string of the molecule is CC(Cn1ccnc1)NC(=O)Nc1ccc(C(=O)O)cc1. The van der Waals surface area contributed by atoms with Gasteiger partial charge in [-0.25, -0.2) is 14.6 Å². The number of carboxylic acids is 1. The third-order valence-corrected chi connectivity index (χ3v) is 2.81. The van der Waals surface area contributed by atoms with Crippen LogP contribution in [0, 0.1) is 0 Å². The minimum absolute atomic E-state index is 0.0718. The zero-order valence-corrected chi connectivity index (χ0v) is 11.5. The largest absolute Gasteiger partial charge is 0.478 e. The Morgan fingerprint density at radius 3 is 2.62 bits per heavy atom. The Labute approximate surface area is 121 Å². The molecule has 0 saturated heterocycles. The molecule has 7 nitrogen and oxygen atoms in total. The maximum atomic E-state index is 11.8. The van der Waals surface area contributed by atoms with Crippen molar-refractivity contribution in [2.75, 3.05) is 5.32 Å². The van der Waals surface area contributed by atoms with E-state index in [1.54, 1.807) is 24.7 Å². The highest BCUT2D eigenvalue weighted by Gasteiger charge is 2.08. The van der Waals surface area contributed by atoms with E-state index in [9.17, 15) is 9.59 Å². The summed E-state index contributed by atoms with van der Waals surface area (Å²) in [5, 5.41) is 14.2. The van der Waals surface area contributed by atoms with Gasteiger partial charge in [-0.1, -0.05) is 0 Å². The highest BCUT2D eigenvalue weighted by atomic mass is 16.4. The van der Waals surface area contributed by atoms with Crippen molar-refractivity contribution >= 4 is 17.7 Å². The van der Waals surface area contributed by atoms with Crippen molar-refractivity contribution in [2.24, 2.45) is 0 Å². The molecular formula is C14H16N4O3. The molecule has 2 aromatic rings. The number of amides is 2. The lowest BCUT2D eigenvalue weighted by atomic mass is 10.2. The second kappa shape index (κ2) is 6.56. The molecule has 1 atom stereocenters. The van der Waals surface area contributed by atoms with Crippen molar-refractivity contribution in [1.82, 2.24) is 14.9 Å². The van der Waals surface area contributed by atoms with Crippen LogP contribution in [0.2, 0.25) is 0 Å². The molecule has 2 amide bonds. The van der Waals surface area contributed by atoms with Gasteiger partial charge in [-0.05, 0) is 31.2 Å². The molecule has 21 heavy (non-hydrogen) atoms. The van der Waals surface area contributed by atoms with Gasteiger partial charge < -0.3 is 20.3 Å². The number of carbonyl (C=O) groups is 2. The summed E-state index contributed by atoms with van der Waals surface area (Å²) in [5.41, 5.74) is 0.710. The summed E-state index contributed by atoms with van der Waals surface area (Å²) in [7, 11) is 0. The number of aromatic nitrogens is 2. The number of rotatable bonds is 5. The summed E-state index contributed by atoms with van der Waals surface area (Å²) in [6, 6.07) is 5.55. The molecule has 0 radical (unpaired) electrons. The zero-order chi connectivity index (χ0) is 15.2. The van der Waals surface area contributed by atoms with E-state index in [1.165, 1.54) is 12.1 Å². The third-order valence-electron chi connectivity index (χ3n) is 2.81. The monoisotopic (exact) mass is 288 g/mol. The van der Waals surface area contributed by atoms with Crippen molar-refractivity contribution < 1.29 is 14.7 Å². The number of anilines is 1. The van der Waals surface area contributed by atoms with Gasteiger partial charge in [0.25, 0.3) is 0 Å². The lowest BCUT2D eigenvalue weighted by molar-refractivity contribution is 0.0697. The molecule has 0 bridgehead atoms. The first-order chi connectivity index (χ1) is 10.0. The van der Waals surface area contributed by atoms with E-state index in [1.807, 2.05) is 17.7 Å². The minimum Gasteiger partial charge on any atom is -0.478 e. The number of nitrogens with zero attached hydrogens (tertiary/aromatic N) is 2. The van der Waals surface area contributed by atoms with E-state index in [0.717, 1.165) is 0 Å². The van der Waals surface area contributed by atoms with E-state index in [4.69, 9.17) is 5.11 Å². The Bertz CT molecular complexity index is 608. The quantitative estimate of drug-likeness (QED) is 0.781. The van der Waals surface area contributed by atoms with Crippen LogP contribution in [0.3, 0.4) is 0 Å². The lowest BCUT2D eigenvalue weighted by Gasteiger charge is -2.15. The smallest absolute Gasteiger partial charge is 0.335 e. The fraction of sp³-hybridized carbons (Fsp3) is 0.214. The first-order valence-corrected chi connectivity index (χ1v) is 6.41. The van der Waals surface area contributed by atoms with Gasteiger partial charge in [-0.3, -0.25) is 0 Å². The van der Waals surface area contributed by atoms with Crippen LogP contribution in [0.25, 0.3) is 0 Å². The molecule has 0 saturated carbocycles. The van der Waals surface area contributed by atoms with Gasteiger partial charge in [0.15, 0.2) is 0 Å². The summed E-state index contributed by atoms with van der Waals surface area (Å²) in [6.07, 6.45) is 5.18. The van der Waals surface area contributed by atoms with Crippen LogP contribution >= 0.6 is 0 Å². The van der Waals surface area contributed by atoms with E-state index in [2.05, 4.69) is 15.6 Å². The Hall–Kier alpha value is -2.83. The van der Waals surface area contributed by atoms with Crippen LogP contribution in [-0.4, -0.2) is 32.7 Å². The Morgan fingerprint density at radius 2 is 2.05 bits per heavy atom. The summed E-state index contributed by atoms with van der Waals surface area (Å²) in [5.74, 6) is -1.00. The number of benzene rings is 1. The average molecular weight is 288 g/mol. The van der Waals surface area contributed by atoms with Crippen LogP contribution in [0.15, 0.2) is 43.0 Å². The zero-order valence-electron chi connectivity index (χ0n) is 11.5. The Balaban J connectivity index is 1.84. The molecule has 0 spiro atoms. The predicted molar refractivity (Wildman–Crippen MR) is 77.2 cm³/mol. The third kappa shape index (κ3) is 4.34. The standard InChI is InChI=1S/C14H16N4O3/c1-10(8-18-7-6-15-9-18)16-14(21)17-12-4-2-11(3-5-12)13(19)20/h2-7,9-10H,8H2,1H3,(H,19,20)(H2,16,17,21). The first kappa shape index (κ1) is 14.6. The molecule has 7 heteroatoms. The number of imidazole rings is 1. The molecule has 1 heterocycles. The highest BCUT2D eigenvalue weighted by molar-refractivity contribution is 5.91. The molecule has 1 aromatic heterocycles. The van der Waals surface area contributed by atoms with Crippen molar-refractivity contribution in [3.05, 3.63) is 48.5 Å². The second-order valence-corrected chi connectivity index (χ2v) is 4.64. The summed E-state index contributed by atoms with van der Waals surface area (Å²) < 4.78 is 1.87. The fourth-order valence-corrected chi connectivity index (χ4v) is 1.84. The molecule has 0 aliphatic carbocycles. The number of hydrogen-bond donors (Lipinski definition) is 3.